The summed E-state index contributed by atoms with van der Waals surface area (Å²) in [6.07, 6.45) is 6.02. The van der Waals surface area contributed by atoms with Gasteiger partial charge in [0.15, 0.2) is 5.37 Å². The van der Waals surface area contributed by atoms with Gasteiger partial charge in [-0.15, -0.1) is 0 Å². The molecule has 1 aliphatic rings. The molecule has 0 saturated carbocycles. The first-order valence-electron chi connectivity index (χ1n) is 8.39. The summed E-state index contributed by atoms with van der Waals surface area (Å²) in [7, 11) is -2.36. The first-order chi connectivity index (χ1) is 12.4. The van der Waals surface area contributed by atoms with Gasteiger partial charge in [0.2, 0.25) is 15.7 Å². The zero-order valence-electron chi connectivity index (χ0n) is 14.9. The van der Waals surface area contributed by atoms with Gasteiger partial charge in [0.05, 0.1) is 12.0 Å². The third-order valence-electron chi connectivity index (χ3n) is 4.00. The van der Waals surface area contributed by atoms with Crippen LogP contribution in [0.5, 0.6) is 5.75 Å². The third-order valence-corrected chi connectivity index (χ3v) is 6.04. The van der Waals surface area contributed by atoms with Gasteiger partial charge in [-0.25, -0.2) is 13.5 Å². The fourth-order valence-electron chi connectivity index (χ4n) is 2.69. The van der Waals surface area contributed by atoms with Crippen molar-refractivity contribution < 1.29 is 23.2 Å². The van der Waals surface area contributed by atoms with Gasteiger partial charge >= 0.3 is 0 Å². The van der Waals surface area contributed by atoms with Crippen LogP contribution < -0.4 is 10.1 Å². The summed E-state index contributed by atoms with van der Waals surface area (Å²) in [4.78, 5) is 11.7. The van der Waals surface area contributed by atoms with E-state index in [-0.39, 0.29) is 10.8 Å². The zero-order valence-corrected chi connectivity index (χ0v) is 15.7. The Kier molecular flexibility index (Phi) is 6.82. The lowest BCUT2D eigenvalue weighted by atomic mass is 10.1. The number of carbonyl (C=O) groups is 1. The van der Waals surface area contributed by atoms with E-state index in [9.17, 15) is 18.4 Å². The summed E-state index contributed by atoms with van der Waals surface area (Å²) in [6.45, 7) is 2.22. The van der Waals surface area contributed by atoms with Crippen molar-refractivity contribution in [2.75, 3.05) is 13.7 Å². The van der Waals surface area contributed by atoms with Crippen LogP contribution in [-0.4, -0.2) is 43.6 Å². The lowest BCUT2D eigenvalue weighted by molar-refractivity contribution is -0.121. The number of amides is 1. The van der Waals surface area contributed by atoms with E-state index in [0.717, 1.165) is 6.42 Å². The van der Waals surface area contributed by atoms with E-state index in [1.807, 2.05) is 6.92 Å². The molecule has 142 valence electrons. The Morgan fingerprint density at radius 3 is 2.62 bits per heavy atom. The Morgan fingerprint density at radius 1 is 1.31 bits per heavy atom. The highest BCUT2D eigenvalue weighted by Crippen LogP contribution is 2.29. The molecule has 1 amide bonds. The van der Waals surface area contributed by atoms with Gasteiger partial charge < -0.3 is 10.1 Å². The molecule has 1 atom stereocenters. The van der Waals surface area contributed by atoms with Gasteiger partial charge in [-0.05, 0) is 48.8 Å². The molecule has 0 bridgehead atoms. The molecule has 0 unspecified atom stereocenters. The standard InChI is InChI=1S/C18H24N2O5S/c1-3-5-17(21)19-12-11-14-6-4-13-20(22)18(14)26(23,24)16-9-7-15(25-2)8-10-16/h4,6-10,13,18,22H,3,5,11-12H2,1-2H3,(H,19,21)/t18-/m1/s1. The highest BCUT2D eigenvalue weighted by atomic mass is 32.2. The SMILES string of the molecule is CCCC(=O)NCCC1=CC=CN(O)[C@@H]1S(=O)(=O)c1ccc(OC)cc1. The minimum Gasteiger partial charge on any atom is -0.497 e. The Labute approximate surface area is 153 Å². The molecule has 8 heteroatoms. The van der Waals surface area contributed by atoms with Gasteiger partial charge in [-0.2, -0.15) is 0 Å². The van der Waals surface area contributed by atoms with E-state index in [0.29, 0.717) is 35.8 Å². The minimum absolute atomic E-state index is 0.0742. The molecule has 1 aromatic carbocycles. The number of sulfone groups is 1. The van der Waals surface area contributed by atoms with Crippen molar-refractivity contribution in [1.29, 1.82) is 0 Å². The quantitative estimate of drug-likeness (QED) is 0.718. The maximum Gasteiger partial charge on any atom is 0.219 e. The molecule has 0 aromatic heterocycles. The molecule has 2 N–H and O–H groups in total. The van der Waals surface area contributed by atoms with Crippen LogP contribution in [0.1, 0.15) is 26.2 Å². The van der Waals surface area contributed by atoms with Crippen LogP contribution in [0.25, 0.3) is 0 Å². The van der Waals surface area contributed by atoms with E-state index in [1.54, 1.807) is 24.3 Å². The second kappa shape index (κ2) is 8.86. The predicted molar refractivity (Wildman–Crippen MR) is 97.4 cm³/mol. The number of carbonyl (C=O) groups excluding carboxylic acids is 1. The van der Waals surface area contributed by atoms with Gasteiger partial charge in [-0.3, -0.25) is 10.0 Å². The predicted octanol–water partition coefficient (Wildman–Crippen LogP) is 2.25. The fourth-order valence-corrected chi connectivity index (χ4v) is 4.41. The third kappa shape index (κ3) is 4.64. The number of hydroxylamine groups is 2. The zero-order chi connectivity index (χ0) is 19.2. The lowest BCUT2D eigenvalue weighted by Gasteiger charge is -2.29. The van der Waals surface area contributed by atoms with Gasteiger partial charge in [0.1, 0.15) is 5.75 Å². The number of benzene rings is 1. The number of ether oxygens (including phenoxy) is 1. The topological polar surface area (TPSA) is 95.9 Å². The lowest BCUT2D eigenvalue weighted by Crippen LogP contribution is -2.39. The molecule has 0 aliphatic carbocycles. The first kappa shape index (κ1) is 20.0. The molecule has 1 heterocycles. The second-order valence-corrected chi connectivity index (χ2v) is 7.89. The van der Waals surface area contributed by atoms with Crippen LogP contribution in [0.2, 0.25) is 0 Å². The number of hydrogen-bond donors (Lipinski definition) is 2. The van der Waals surface area contributed by atoms with Crippen molar-refractivity contribution in [3.63, 3.8) is 0 Å². The van der Waals surface area contributed by atoms with Crippen LogP contribution in [0.4, 0.5) is 0 Å². The molecular weight excluding hydrogens is 356 g/mol. The summed E-state index contributed by atoms with van der Waals surface area (Å²) in [6, 6.07) is 6.01. The van der Waals surface area contributed by atoms with Gasteiger partial charge in [0, 0.05) is 19.2 Å². The number of hydrogen-bond acceptors (Lipinski definition) is 6. The normalized spacial score (nSPS) is 17.0. The average Bonchev–Trinajstić information content (AvgIpc) is 2.62. The maximum atomic E-state index is 13.0. The van der Waals surface area contributed by atoms with Crippen molar-refractivity contribution >= 4 is 15.7 Å². The van der Waals surface area contributed by atoms with E-state index in [1.165, 1.54) is 25.4 Å². The molecule has 0 radical (unpaired) electrons. The number of rotatable bonds is 8. The molecule has 0 fully saturated rings. The molecule has 1 aliphatic heterocycles. The molecule has 1 aromatic rings. The van der Waals surface area contributed by atoms with Crippen molar-refractivity contribution in [3.05, 3.63) is 48.2 Å². The largest absolute Gasteiger partial charge is 0.497 e. The Hall–Kier alpha value is -2.32. The highest BCUT2D eigenvalue weighted by Gasteiger charge is 2.35. The Balaban J connectivity index is 2.18. The smallest absolute Gasteiger partial charge is 0.219 e. The van der Waals surface area contributed by atoms with E-state index < -0.39 is 15.2 Å². The van der Waals surface area contributed by atoms with Crippen LogP contribution >= 0.6 is 0 Å². The molecule has 7 nitrogen and oxygen atoms in total. The second-order valence-electron chi connectivity index (χ2n) is 5.89. The van der Waals surface area contributed by atoms with Crippen molar-refractivity contribution in [2.24, 2.45) is 0 Å². The summed E-state index contributed by atoms with van der Waals surface area (Å²) < 4.78 is 31.1. The minimum atomic E-state index is -3.86. The van der Waals surface area contributed by atoms with Crippen molar-refractivity contribution in [1.82, 2.24) is 10.4 Å². The average molecular weight is 380 g/mol. The van der Waals surface area contributed by atoms with E-state index in [4.69, 9.17) is 4.74 Å². The monoisotopic (exact) mass is 380 g/mol. The van der Waals surface area contributed by atoms with E-state index >= 15 is 0 Å². The van der Waals surface area contributed by atoms with Gasteiger partial charge in [0.25, 0.3) is 0 Å². The molecule has 26 heavy (non-hydrogen) atoms. The van der Waals surface area contributed by atoms with Gasteiger partial charge in [-0.1, -0.05) is 13.0 Å². The number of methoxy groups -OCH3 is 1. The van der Waals surface area contributed by atoms with Crippen molar-refractivity contribution in [3.8, 4) is 5.75 Å². The molecular formula is C18H24N2O5S. The maximum absolute atomic E-state index is 13.0. The van der Waals surface area contributed by atoms with Crippen LogP contribution in [0, 0.1) is 0 Å². The summed E-state index contributed by atoms with van der Waals surface area (Å²) in [5.41, 5.74) is 0.502. The molecule has 0 spiro atoms. The molecule has 0 saturated heterocycles. The fraction of sp³-hybridized carbons (Fsp3) is 0.389. The number of nitrogens with zero attached hydrogens (tertiary/aromatic N) is 1. The first-order valence-corrected chi connectivity index (χ1v) is 9.94. The highest BCUT2D eigenvalue weighted by molar-refractivity contribution is 7.92. The number of nitrogens with one attached hydrogen (secondary N) is 1. The summed E-state index contributed by atoms with van der Waals surface area (Å²) in [5, 5.41) is 12.4. The summed E-state index contributed by atoms with van der Waals surface area (Å²) >= 11 is 0. The Bertz CT molecular complexity index is 784. The van der Waals surface area contributed by atoms with Crippen LogP contribution in [0.3, 0.4) is 0 Å². The van der Waals surface area contributed by atoms with Crippen LogP contribution in [-0.2, 0) is 14.6 Å². The Morgan fingerprint density at radius 2 is 2.00 bits per heavy atom. The van der Waals surface area contributed by atoms with Crippen molar-refractivity contribution in [2.45, 2.75) is 36.5 Å². The summed E-state index contributed by atoms with van der Waals surface area (Å²) in [5.74, 6) is 0.470. The molecule has 2 rings (SSSR count). The van der Waals surface area contributed by atoms with E-state index in [2.05, 4.69) is 5.32 Å². The number of allylic oxidation sites excluding steroid dienone is 2. The van der Waals surface area contributed by atoms with Crippen LogP contribution in [0.15, 0.2) is 53.1 Å².